The Hall–Kier alpha value is -1.29. The Balaban J connectivity index is 2.06. The van der Waals surface area contributed by atoms with Crippen LogP contribution in [0, 0.1) is 0 Å². The maximum atomic E-state index is 4.40. The zero-order valence-electron chi connectivity index (χ0n) is 8.78. The monoisotopic (exact) mass is 277 g/mol. The average molecular weight is 278 g/mol. The number of benzene rings is 1. The Morgan fingerprint density at radius 1 is 1.25 bits per heavy atom. The maximum Gasteiger partial charge on any atom is 0.132 e. The molecule has 3 rings (SSSR count). The van der Waals surface area contributed by atoms with Gasteiger partial charge in [0.05, 0.1) is 6.20 Å². The molecule has 0 saturated carbocycles. The molecule has 0 radical (unpaired) electrons. The number of aromatic nitrogens is 2. The zero-order chi connectivity index (χ0) is 11.0. The summed E-state index contributed by atoms with van der Waals surface area (Å²) in [5.74, 6) is 1.15. The van der Waals surface area contributed by atoms with Crippen molar-refractivity contribution >= 4 is 21.7 Å². The van der Waals surface area contributed by atoms with E-state index in [0.717, 1.165) is 29.8 Å². The minimum Gasteiger partial charge on any atom is -0.370 e. The van der Waals surface area contributed by atoms with Gasteiger partial charge >= 0.3 is 0 Å². The molecule has 0 aliphatic carbocycles. The third-order valence-corrected chi connectivity index (χ3v) is 3.36. The molecule has 0 fully saturated rings. The SMILES string of the molecule is Brc1ccc(-c2cnn3c2NCCC3)cc1. The van der Waals surface area contributed by atoms with Crippen LogP contribution >= 0.6 is 15.9 Å². The van der Waals surface area contributed by atoms with Crippen molar-refractivity contribution in [3.05, 3.63) is 34.9 Å². The lowest BCUT2D eigenvalue weighted by Gasteiger charge is -2.17. The van der Waals surface area contributed by atoms with Crippen molar-refractivity contribution in [3.8, 4) is 11.1 Å². The molecule has 1 N–H and O–H groups in total. The lowest BCUT2D eigenvalue weighted by molar-refractivity contribution is 0.568. The van der Waals surface area contributed by atoms with Gasteiger partial charge in [-0.3, -0.25) is 0 Å². The molecule has 1 aromatic carbocycles. The van der Waals surface area contributed by atoms with Crippen LogP contribution in [0.1, 0.15) is 6.42 Å². The summed E-state index contributed by atoms with van der Waals surface area (Å²) in [5, 5.41) is 7.81. The zero-order valence-corrected chi connectivity index (χ0v) is 10.4. The average Bonchev–Trinajstić information content (AvgIpc) is 2.74. The number of rotatable bonds is 1. The third kappa shape index (κ3) is 1.63. The topological polar surface area (TPSA) is 29.9 Å². The van der Waals surface area contributed by atoms with Crippen LogP contribution in [0.5, 0.6) is 0 Å². The first-order valence-electron chi connectivity index (χ1n) is 5.40. The molecule has 3 nitrogen and oxygen atoms in total. The first-order valence-corrected chi connectivity index (χ1v) is 6.19. The summed E-state index contributed by atoms with van der Waals surface area (Å²) in [6.07, 6.45) is 3.09. The van der Waals surface area contributed by atoms with Crippen molar-refractivity contribution in [3.63, 3.8) is 0 Å². The Bertz CT molecular complexity index is 501. The summed E-state index contributed by atoms with van der Waals surface area (Å²) < 4.78 is 3.14. The van der Waals surface area contributed by atoms with Gasteiger partial charge in [-0.2, -0.15) is 5.10 Å². The van der Waals surface area contributed by atoms with E-state index >= 15 is 0 Å². The number of halogens is 1. The van der Waals surface area contributed by atoms with Crippen molar-refractivity contribution in [2.24, 2.45) is 0 Å². The van der Waals surface area contributed by atoms with Crippen LogP contribution in [0.3, 0.4) is 0 Å². The van der Waals surface area contributed by atoms with Gasteiger partial charge in [0.1, 0.15) is 5.82 Å². The predicted octanol–water partition coefficient (Wildman–Crippen LogP) is 3.13. The smallest absolute Gasteiger partial charge is 0.132 e. The van der Waals surface area contributed by atoms with Crippen molar-refractivity contribution in [1.29, 1.82) is 0 Å². The summed E-state index contributed by atoms with van der Waals surface area (Å²) >= 11 is 3.45. The van der Waals surface area contributed by atoms with Crippen LogP contribution in [0.25, 0.3) is 11.1 Å². The van der Waals surface area contributed by atoms with Gasteiger partial charge in [-0.25, -0.2) is 4.68 Å². The van der Waals surface area contributed by atoms with Gasteiger partial charge in [-0.1, -0.05) is 28.1 Å². The molecule has 0 amide bonds. The molecule has 1 aliphatic heterocycles. The molecule has 0 bridgehead atoms. The van der Waals surface area contributed by atoms with Gasteiger partial charge in [-0.05, 0) is 24.1 Å². The Labute approximate surface area is 103 Å². The van der Waals surface area contributed by atoms with E-state index in [1.54, 1.807) is 0 Å². The molecule has 2 aromatic rings. The summed E-state index contributed by atoms with van der Waals surface area (Å²) in [7, 11) is 0. The van der Waals surface area contributed by atoms with Crippen molar-refractivity contribution < 1.29 is 0 Å². The lowest BCUT2D eigenvalue weighted by Crippen LogP contribution is -2.17. The fourth-order valence-electron chi connectivity index (χ4n) is 2.02. The third-order valence-electron chi connectivity index (χ3n) is 2.83. The Morgan fingerprint density at radius 2 is 2.06 bits per heavy atom. The number of anilines is 1. The fraction of sp³-hybridized carbons (Fsp3) is 0.250. The highest BCUT2D eigenvalue weighted by atomic mass is 79.9. The predicted molar refractivity (Wildman–Crippen MR) is 68.5 cm³/mol. The molecule has 0 saturated heterocycles. The van der Waals surface area contributed by atoms with Crippen LogP contribution in [-0.2, 0) is 6.54 Å². The van der Waals surface area contributed by atoms with Crippen LogP contribution in [-0.4, -0.2) is 16.3 Å². The molecule has 2 heterocycles. The molecule has 1 aliphatic rings. The standard InChI is InChI=1S/C12H12BrN3/c13-10-4-2-9(3-5-10)11-8-15-16-7-1-6-14-12(11)16/h2-5,8,14H,1,6-7H2. The minimum atomic E-state index is 1.01. The Kier molecular flexibility index (Phi) is 2.44. The molecule has 0 atom stereocenters. The van der Waals surface area contributed by atoms with Crippen LogP contribution in [0.15, 0.2) is 34.9 Å². The van der Waals surface area contributed by atoms with Gasteiger partial charge in [0.15, 0.2) is 0 Å². The number of nitrogens with one attached hydrogen (secondary N) is 1. The van der Waals surface area contributed by atoms with Gasteiger partial charge in [0.25, 0.3) is 0 Å². The first-order chi connectivity index (χ1) is 7.84. The van der Waals surface area contributed by atoms with E-state index in [2.05, 4.69) is 50.6 Å². The van der Waals surface area contributed by atoms with Gasteiger partial charge in [0.2, 0.25) is 0 Å². The van der Waals surface area contributed by atoms with Gasteiger partial charge in [0, 0.05) is 23.1 Å². The van der Waals surface area contributed by atoms with Crippen molar-refractivity contribution in [2.75, 3.05) is 11.9 Å². The van der Waals surface area contributed by atoms with E-state index in [9.17, 15) is 0 Å². The molecular weight excluding hydrogens is 266 g/mol. The number of hydrogen-bond donors (Lipinski definition) is 1. The highest BCUT2D eigenvalue weighted by molar-refractivity contribution is 9.10. The largest absolute Gasteiger partial charge is 0.370 e. The number of hydrogen-bond acceptors (Lipinski definition) is 2. The second-order valence-corrected chi connectivity index (χ2v) is 4.83. The van der Waals surface area contributed by atoms with Crippen LogP contribution < -0.4 is 5.32 Å². The van der Waals surface area contributed by atoms with Gasteiger partial charge in [-0.15, -0.1) is 0 Å². The Morgan fingerprint density at radius 3 is 2.88 bits per heavy atom. The summed E-state index contributed by atoms with van der Waals surface area (Å²) in [6.45, 7) is 2.05. The summed E-state index contributed by atoms with van der Waals surface area (Å²) in [5.41, 5.74) is 2.39. The molecule has 1 aromatic heterocycles. The number of fused-ring (bicyclic) bond motifs is 1. The first kappa shape index (κ1) is 9.90. The van der Waals surface area contributed by atoms with E-state index in [0.29, 0.717) is 0 Å². The molecular formula is C12H12BrN3. The van der Waals surface area contributed by atoms with Crippen molar-refractivity contribution in [2.45, 2.75) is 13.0 Å². The molecule has 0 spiro atoms. The quantitative estimate of drug-likeness (QED) is 0.868. The highest BCUT2D eigenvalue weighted by Gasteiger charge is 2.14. The number of aryl methyl sites for hydroxylation is 1. The van der Waals surface area contributed by atoms with E-state index in [1.807, 2.05) is 10.9 Å². The van der Waals surface area contributed by atoms with E-state index < -0.39 is 0 Å². The van der Waals surface area contributed by atoms with Gasteiger partial charge < -0.3 is 5.32 Å². The molecule has 0 unspecified atom stereocenters. The lowest BCUT2D eigenvalue weighted by atomic mass is 10.1. The second-order valence-electron chi connectivity index (χ2n) is 3.92. The molecule has 4 heteroatoms. The highest BCUT2D eigenvalue weighted by Crippen LogP contribution is 2.30. The molecule has 16 heavy (non-hydrogen) atoms. The minimum absolute atomic E-state index is 1.01. The van der Waals surface area contributed by atoms with E-state index in [1.165, 1.54) is 11.1 Å². The second kappa shape index (κ2) is 3.94. The van der Waals surface area contributed by atoms with E-state index in [-0.39, 0.29) is 0 Å². The van der Waals surface area contributed by atoms with Crippen LogP contribution in [0.4, 0.5) is 5.82 Å². The fourth-order valence-corrected chi connectivity index (χ4v) is 2.28. The normalized spacial score (nSPS) is 14.3. The van der Waals surface area contributed by atoms with Crippen molar-refractivity contribution in [1.82, 2.24) is 9.78 Å². The summed E-state index contributed by atoms with van der Waals surface area (Å²) in [6, 6.07) is 8.33. The molecule has 82 valence electrons. The van der Waals surface area contributed by atoms with Crippen LogP contribution in [0.2, 0.25) is 0 Å². The number of nitrogens with zero attached hydrogens (tertiary/aromatic N) is 2. The maximum absolute atomic E-state index is 4.40. The van der Waals surface area contributed by atoms with E-state index in [4.69, 9.17) is 0 Å². The summed E-state index contributed by atoms with van der Waals surface area (Å²) in [4.78, 5) is 0.